The van der Waals surface area contributed by atoms with Crippen molar-refractivity contribution in [2.75, 3.05) is 0 Å². The average Bonchev–Trinajstić information content (AvgIpc) is 2.99. The van der Waals surface area contributed by atoms with Gasteiger partial charge < -0.3 is 27.6 Å². The Hall–Kier alpha value is -4.92. The van der Waals surface area contributed by atoms with E-state index in [4.69, 9.17) is 34.5 Å². The van der Waals surface area contributed by atoms with Crippen LogP contribution in [0.5, 0.6) is 0 Å². The van der Waals surface area contributed by atoms with Gasteiger partial charge in [0.05, 0.1) is 16.1 Å². The van der Waals surface area contributed by atoms with Crippen molar-refractivity contribution >= 4 is 65.1 Å². The van der Waals surface area contributed by atoms with Crippen LogP contribution in [0.2, 0.25) is 0 Å². The minimum atomic E-state index is -1.75. The third-order valence-electron chi connectivity index (χ3n) is 5.00. The van der Waals surface area contributed by atoms with E-state index in [1.807, 2.05) is 48.8 Å². The predicted molar refractivity (Wildman–Crippen MR) is 155 cm³/mol. The number of carbonyl (C=O) groups excluding carboxylic acids is 4. The summed E-state index contributed by atoms with van der Waals surface area (Å²) in [7, 11) is 4.61. The predicted octanol–water partition coefficient (Wildman–Crippen LogP) is 7.49. The molecule has 0 aliphatic heterocycles. The molecule has 221 valence electrons. The summed E-state index contributed by atoms with van der Waals surface area (Å²) in [5.74, 6) is 0. The normalized spacial score (nSPS) is 8.36. The van der Waals surface area contributed by atoms with Crippen molar-refractivity contribution in [1.29, 1.82) is 0 Å². The number of hydrogen-bond acceptors (Lipinski definition) is 9. The smallest absolute Gasteiger partial charge is 0.0708 e. The standard InChI is InChI=1S/2C13H9N.2CO2.ClH.NO3.2H2N.Pt/c2*1-2-6-11-10(5-1)9-14-13-8-4-3-7-12(11)13;2*2-1-3;;2-1(3)4;;;/h2*1-9H;;;1H;;2*1H2;/q;;;;;3*-1;+1/p-1. The first-order chi connectivity index (χ1) is 19.5. The Morgan fingerprint density at radius 1 is 0.548 bits per heavy atom. The maximum atomic E-state index is 8.25. The summed E-state index contributed by atoms with van der Waals surface area (Å²) in [4.78, 5) is 49.6. The Morgan fingerprint density at radius 3 is 1.10 bits per heavy atom. The molecule has 0 saturated carbocycles. The zero-order valence-corrected chi connectivity index (χ0v) is 24.5. The molecule has 14 heteroatoms. The van der Waals surface area contributed by atoms with Gasteiger partial charge in [0.1, 0.15) is 0 Å². The molecule has 0 fully saturated rings. The van der Waals surface area contributed by atoms with Crippen LogP contribution in [-0.2, 0) is 38.0 Å². The van der Waals surface area contributed by atoms with Crippen LogP contribution in [0.25, 0.3) is 55.7 Å². The van der Waals surface area contributed by atoms with Gasteiger partial charge in [0, 0.05) is 33.9 Å². The van der Waals surface area contributed by atoms with Crippen molar-refractivity contribution in [3.05, 3.63) is 137 Å². The number of halogens is 1. The molecule has 0 aliphatic rings. The van der Waals surface area contributed by atoms with E-state index in [2.05, 4.69) is 80.0 Å². The Morgan fingerprint density at radius 2 is 0.786 bits per heavy atom. The molecule has 6 aromatic rings. The van der Waals surface area contributed by atoms with E-state index in [-0.39, 0.29) is 24.6 Å². The zero-order chi connectivity index (χ0) is 29.8. The van der Waals surface area contributed by atoms with E-state index < -0.39 is 5.09 Å². The summed E-state index contributed by atoms with van der Waals surface area (Å²) in [6.07, 6.45) is 4.36. The number of para-hydroxylation sites is 2. The van der Waals surface area contributed by atoms with Gasteiger partial charge in [-0.3, -0.25) is 9.97 Å². The van der Waals surface area contributed by atoms with Gasteiger partial charge in [0.2, 0.25) is 0 Å². The third-order valence-corrected chi connectivity index (χ3v) is 5.00. The average molecular weight is 771 g/mol. The maximum Gasteiger partial charge on any atom is 0.0708 e. The first kappa shape index (κ1) is 39.2. The molecule has 4 N–H and O–H groups in total. The van der Waals surface area contributed by atoms with E-state index in [1.165, 1.54) is 32.3 Å². The molecule has 0 amide bonds. The van der Waals surface area contributed by atoms with Gasteiger partial charge in [0.25, 0.3) is 0 Å². The van der Waals surface area contributed by atoms with Crippen LogP contribution >= 0.6 is 9.42 Å². The largest absolute Gasteiger partial charge is 0.693 e. The summed E-state index contributed by atoms with van der Waals surface area (Å²) < 4.78 is 0. The second-order valence-electron chi connectivity index (χ2n) is 7.12. The number of aromatic nitrogens is 2. The van der Waals surface area contributed by atoms with Crippen LogP contribution in [0, 0.1) is 15.3 Å². The molecular formula is C28H22ClN5O7Pt-3. The van der Waals surface area contributed by atoms with Crippen molar-refractivity contribution in [2.45, 2.75) is 0 Å². The van der Waals surface area contributed by atoms with Crippen LogP contribution in [0.4, 0.5) is 0 Å². The van der Waals surface area contributed by atoms with Crippen molar-refractivity contribution in [3.63, 3.8) is 0 Å². The van der Waals surface area contributed by atoms with Gasteiger partial charge >= 0.3 is 40.5 Å². The summed E-state index contributed by atoms with van der Waals surface area (Å²) in [5.41, 5.74) is 2.12. The SMILES string of the molecule is O=C=O.O=C=O.O=[N+]([O-])[O-].[Cl][Pt].[NH2-].[NH2-].c1ccc2c(c1)cnc1ccccc12.c1ccc2c(c1)cnc1ccccc12. The van der Waals surface area contributed by atoms with E-state index in [9.17, 15) is 0 Å². The van der Waals surface area contributed by atoms with E-state index in [1.54, 1.807) is 18.8 Å². The minimum absolute atomic E-state index is 0. The molecule has 0 saturated heterocycles. The quantitative estimate of drug-likeness (QED) is 0.0845. The van der Waals surface area contributed by atoms with Crippen molar-refractivity contribution < 1.29 is 43.0 Å². The summed E-state index contributed by atoms with van der Waals surface area (Å²) >= 11 is 1.61. The molecule has 0 unspecified atom stereocenters. The fraction of sp³-hybridized carbons (Fsp3) is 0. The number of benzene rings is 4. The van der Waals surface area contributed by atoms with Crippen molar-refractivity contribution in [1.82, 2.24) is 9.97 Å². The van der Waals surface area contributed by atoms with Crippen molar-refractivity contribution in [3.8, 4) is 0 Å². The molecule has 12 nitrogen and oxygen atoms in total. The molecule has 6 rings (SSSR count). The number of hydrogen-bond donors (Lipinski definition) is 0. The van der Waals surface area contributed by atoms with E-state index in [0.29, 0.717) is 0 Å². The molecular weight excluding hydrogens is 749 g/mol. The van der Waals surface area contributed by atoms with E-state index in [0.717, 1.165) is 11.0 Å². The number of pyridine rings is 2. The molecule has 0 radical (unpaired) electrons. The van der Waals surface area contributed by atoms with Gasteiger partial charge in [-0.1, -0.05) is 84.9 Å². The molecule has 0 bridgehead atoms. The first-order valence-corrected chi connectivity index (χ1v) is 13.6. The maximum absolute atomic E-state index is 8.25. The van der Waals surface area contributed by atoms with Crippen LogP contribution in [0.1, 0.15) is 0 Å². The molecule has 0 atom stereocenters. The van der Waals surface area contributed by atoms with Crippen molar-refractivity contribution in [2.24, 2.45) is 0 Å². The summed E-state index contributed by atoms with van der Waals surface area (Å²) in [6.45, 7) is 0. The summed E-state index contributed by atoms with van der Waals surface area (Å²) in [6, 6.07) is 33.1. The van der Waals surface area contributed by atoms with Gasteiger partial charge in [-0.25, -0.2) is 0 Å². The second-order valence-corrected chi connectivity index (χ2v) is 7.12. The molecule has 42 heavy (non-hydrogen) atoms. The van der Waals surface area contributed by atoms with Gasteiger partial charge in [0.15, 0.2) is 0 Å². The second kappa shape index (κ2) is 22.8. The molecule has 0 aliphatic carbocycles. The Labute approximate surface area is 254 Å². The molecule has 2 aromatic heterocycles. The Kier molecular flexibility index (Phi) is 21.3. The minimum Gasteiger partial charge on any atom is -0.693 e. The third kappa shape index (κ3) is 12.5. The zero-order valence-electron chi connectivity index (χ0n) is 21.4. The topological polar surface area (TPSA) is 227 Å². The molecule has 4 aromatic carbocycles. The van der Waals surface area contributed by atoms with Gasteiger partial charge in [-0.15, -0.1) is 0 Å². The van der Waals surface area contributed by atoms with Crippen LogP contribution in [0.3, 0.4) is 0 Å². The Bertz CT molecular complexity index is 1510. The van der Waals surface area contributed by atoms with Crippen LogP contribution in [0.15, 0.2) is 109 Å². The first-order valence-electron chi connectivity index (χ1n) is 10.8. The monoisotopic (exact) mass is 770 g/mol. The fourth-order valence-electron chi connectivity index (χ4n) is 3.62. The van der Waals surface area contributed by atoms with Crippen LogP contribution < -0.4 is 0 Å². The van der Waals surface area contributed by atoms with Gasteiger partial charge in [-0.2, -0.15) is 19.2 Å². The molecule has 2 heterocycles. The summed E-state index contributed by atoms with van der Waals surface area (Å²) in [5, 5.41) is 22.2. The number of nitrogens with zero attached hydrogens (tertiary/aromatic N) is 3. The Balaban J connectivity index is 0. The molecule has 0 spiro atoms. The van der Waals surface area contributed by atoms with E-state index >= 15 is 0 Å². The van der Waals surface area contributed by atoms with Gasteiger partial charge in [-0.05, 0) is 22.9 Å². The fourth-order valence-corrected chi connectivity index (χ4v) is 3.62. The number of rotatable bonds is 0. The number of nitrogens with two attached hydrogens (primary N) is 2. The number of fused-ring (bicyclic) bond motifs is 6. The van der Waals surface area contributed by atoms with Crippen LogP contribution in [-0.4, -0.2) is 27.4 Å².